The number of nitrogens with one attached hydrogen (secondary N) is 2. The van der Waals surface area contributed by atoms with Crippen molar-refractivity contribution in [2.45, 2.75) is 31.2 Å². The lowest BCUT2D eigenvalue weighted by molar-refractivity contribution is 0.185. The van der Waals surface area contributed by atoms with E-state index in [0.717, 1.165) is 42.4 Å². The number of hydrogen-bond acceptors (Lipinski definition) is 7. The van der Waals surface area contributed by atoms with Gasteiger partial charge in [0.1, 0.15) is 5.65 Å². The average molecular weight is 507 g/mol. The van der Waals surface area contributed by atoms with Gasteiger partial charge in [0, 0.05) is 24.0 Å². The van der Waals surface area contributed by atoms with Gasteiger partial charge >= 0.3 is 0 Å². The monoisotopic (exact) mass is 506 g/mol. The summed E-state index contributed by atoms with van der Waals surface area (Å²) in [6, 6.07) is 14.7. The maximum atomic E-state index is 11.6. The second-order valence-corrected chi connectivity index (χ2v) is 10.9. The SMILES string of the molecule is COc1nc(Nc2ccc(CN3CCC(C)CC3)cc2)nc2[nH]cc(-c3ccc(S(N)(=O)=O)cc3)c12. The molecule has 0 unspecified atom stereocenters. The average Bonchev–Trinajstić information content (AvgIpc) is 3.30. The number of methoxy groups -OCH3 is 1. The number of ether oxygens (including phenoxy) is 1. The van der Waals surface area contributed by atoms with E-state index in [2.05, 4.69) is 44.2 Å². The number of primary sulfonamides is 1. The van der Waals surface area contributed by atoms with Crippen molar-refractivity contribution in [1.82, 2.24) is 19.9 Å². The summed E-state index contributed by atoms with van der Waals surface area (Å²) in [6.07, 6.45) is 4.33. The van der Waals surface area contributed by atoms with E-state index < -0.39 is 10.0 Å². The Balaban J connectivity index is 1.35. The summed E-state index contributed by atoms with van der Waals surface area (Å²) in [6.45, 7) is 5.60. The molecule has 2 aromatic heterocycles. The van der Waals surface area contributed by atoms with Gasteiger partial charge in [-0.15, -0.1) is 0 Å². The number of anilines is 2. The summed E-state index contributed by atoms with van der Waals surface area (Å²) in [5, 5.41) is 9.18. The van der Waals surface area contributed by atoms with Gasteiger partial charge in [0.2, 0.25) is 21.9 Å². The van der Waals surface area contributed by atoms with E-state index in [1.54, 1.807) is 25.4 Å². The number of aromatic nitrogens is 3. The predicted octanol–water partition coefficient (Wildman–Crippen LogP) is 4.26. The molecule has 0 saturated carbocycles. The Morgan fingerprint density at radius 3 is 2.42 bits per heavy atom. The van der Waals surface area contributed by atoms with Crippen molar-refractivity contribution < 1.29 is 13.2 Å². The summed E-state index contributed by atoms with van der Waals surface area (Å²) in [5.41, 5.74) is 4.36. The van der Waals surface area contributed by atoms with Gasteiger partial charge in [-0.05, 0) is 67.2 Å². The second kappa shape index (κ2) is 9.88. The first kappa shape index (κ1) is 24.2. The van der Waals surface area contributed by atoms with Crippen molar-refractivity contribution >= 4 is 32.7 Å². The number of rotatable bonds is 7. The van der Waals surface area contributed by atoms with Gasteiger partial charge in [-0.25, -0.2) is 13.6 Å². The van der Waals surface area contributed by atoms with E-state index in [0.29, 0.717) is 22.9 Å². The molecule has 0 bridgehead atoms. The van der Waals surface area contributed by atoms with Crippen molar-refractivity contribution in [2.75, 3.05) is 25.5 Å². The number of likely N-dealkylation sites (tertiary alicyclic amines) is 1. The lowest BCUT2D eigenvalue weighted by Crippen LogP contribution is -2.32. The van der Waals surface area contributed by atoms with Crippen molar-refractivity contribution in [2.24, 2.45) is 11.1 Å². The molecule has 3 heterocycles. The van der Waals surface area contributed by atoms with E-state index in [1.807, 2.05) is 12.1 Å². The van der Waals surface area contributed by atoms with Crippen LogP contribution in [-0.2, 0) is 16.6 Å². The number of aromatic amines is 1. The van der Waals surface area contributed by atoms with E-state index in [4.69, 9.17) is 9.88 Å². The minimum absolute atomic E-state index is 0.0531. The topological polar surface area (TPSA) is 126 Å². The lowest BCUT2D eigenvalue weighted by atomic mass is 9.99. The number of fused-ring (bicyclic) bond motifs is 1. The highest BCUT2D eigenvalue weighted by molar-refractivity contribution is 7.89. The third-order valence-corrected chi connectivity index (χ3v) is 7.61. The molecule has 5 rings (SSSR count). The zero-order valence-corrected chi connectivity index (χ0v) is 21.2. The third-order valence-electron chi connectivity index (χ3n) is 6.68. The van der Waals surface area contributed by atoms with Crippen LogP contribution in [0, 0.1) is 5.92 Å². The smallest absolute Gasteiger partial charge is 0.238 e. The Morgan fingerprint density at radius 1 is 1.08 bits per heavy atom. The number of hydrogen-bond donors (Lipinski definition) is 3. The Kier molecular flexibility index (Phi) is 6.65. The zero-order chi connectivity index (χ0) is 25.3. The standard InChI is InChI=1S/C26H30N6O3S/c1-17-11-13-32(14-12-17)16-18-3-7-20(8-4-18)29-26-30-24-23(25(31-26)35-2)22(15-28-24)19-5-9-21(10-6-19)36(27,33)34/h3-10,15,17H,11-14,16H2,1-2H3,(H2,27,33,34)(H2,28,29,30,31). The Bertz CT molecular complexity index is 1460. The zero-order valence-electron chi connectivity index (χ0n) is 20.4. The highest BCUT2D eigenvalue weighted by atomic mass is 32.2. The Hall–Kier alpha value is -3.47. The molecule has 1 fully saturated rings. The van der Waals surface area contributed by atoms with Crippen LogP contribution < -0.4 is 15.2 Å². The van der Waals surface area contributed by atoms with Gasteiger partial charge < -0.3 is 15.0 Å². The summed E-state index contributed by atoms with van der Waals surface area (Å²) in [4.78, 5) is 14.9. The van der Waals surface area contributed by atoms with Crippen LogP contribution in [-0.4, -0.2) is 48.5 Å². The normalized spacial score (nSPS) is 15.3. The molecule has 4 N–H and O–H groups in total. The van der Waals surface area contributed by atoms with Gasteiger partial charge in [-0.3, -0.25) is 4.90 Å². The fourth-order valence-electron chi connectivity index (χ4n) is 4.56. The molecule has 0 atom stereocenters. The number of nitrogens with zero attached hydrogens (tertiary/aromatic N) is 3. The fraction of sp³-hybridized carbons (Fsp3) is 0.308. The largest absolute Gasteiger partial charge is 0.480 e. The molecule has 0 radical (unpaired) electrons. The fourth-order valence-corrected chi connectivity index (χ4v) is 5.07. The number of piperidine rings is 1. The number of benzene rings is 2. The van der Waals surface area contributed by atoms with Crippen LogP contribution in [0.3, 0.4) is 0 Å². The molecule has 4 aromatic rings. The van der Waals surface area contributed by atoms with Crippen molar-refractivity contribution in [1.29, 1.82) is 0 Å². The summed E-state index contributed by atoms with van der Waals surface area (Å²) in [7, 11) is -2.20. The number of sulfonamides is 1. The summed E-state index contributed by atoms with van der Waals surface area (Å²) in [5.74, 6) is 1.65. The Labute approximate surface area is 210 Å². The molecule has 36 heavy (non-hydrogen) atoms. The van der Waals surface area contributed by atoms with Crippen LogP contribution in [0.2, 0.25) is 0 Å². The maximum absolute atomic E-state index is 11.6. The van der Waals surface area contributed by atoms with E-state index >= 15 is 0 Å². The van der Waals surface area contributed by atoms with Crippen LogP contribution >= 0.6 is 0 Å². The molecule has 1 saturated heterocycles. The van der Waals surface area contributed by atoms with Gasteiger partial charge in [0.15, 0.2) is 0 Å². The summed E-state index contributed by atoms with van der Waals surface area (Å²) < 4.78 is 28.7. The predicted molar refractivity (Wildman–Crippen MR) is 141 cm³/mol. The van der Waals surface area contributed by atoms with Crippen LogP contribution in [0.15, 0.2) is 59.6 Å². The molecule has 0 aliphatic carbocycles. The van der Waals surface area contributed by atoms with Crippen molar-refractivity contribution in [3.8, 4) is 17.0 Å². The highest BCUT2D eigenvalue weighted by Crippen LogP contribution is 2.35. The quantitative estimate of drug-likeness (QED) is 0.342. The molecule has 0 spiro atoms. The van der Waals surface area contributed by atoms with Crippen molar-refractivity contribution in [3.05, 3.63) is 60.3 Å². The van der Waals surface area contributed by atoms with Crippen LogP contribution in [0.25, 0.3) is 22.2 Å². The van der Waals surface area contributed by atoms with Crippen LogP contribution in [0.1, 0.15) is 25.3 Å². The summed E-state index contributed by atoms with van der Waals surface area (Å²) >= 11 is 0. The molecule has 0 amide bonds. The van der Waals surface area contributed by atoms with E-state index in [-0.39, 0.29) is 4.90 Å². The highest BCUT2D eigenvalue weighted by Gasteiger charge is 2.18. The van der Waals surface area contributed by atoms with Gasteiger partial charge in [-0.1, -0.05) is 31.2 Å². The number of nitrogens with two attached hydrogens (primary N) is 1. The maximum Gasteiger partial charge on any atom is 0.238 e. The van der Waals surface area contributed by atoms with Crippen LogP contribution in [0.5, 0.6) is 5.88 Å². The minimum Gasteiger partial charge on any atom is -0.480 e. The van der Waals surface area contributed by atoms with Gasteiger partial charge in [0.05, 0.1) is 17.4 Å². The molecular weight excluding hydrogens is 476 g/mol. The first-order valence-electron chi connectivity index (χ1n) is 11.9. The van der Waals surface area contributed by atoms with Crippen LogP contribution in [0.4, 0.5) is 11.6 Å². The molecule has 9 nitrogen and oxygen atoms in total. The first-order chi connectivity index (χ1) is 17.3. The van der Waals surface area contributed by atoms with E-state index in [9.17, 15) is 8.42 Å². The Morgan fingerprint density at radius 2 is 1.78 bits per heavy atom. The molecular formula is C26H30N6O3S. The van der Waals surface area contributed by atoms with E-state index in [1.165, 1.54) is 30.5 Å². The molecule has 1 aliphatic heterocycles. The lowest BCUT2D eigenvalue weighted by Gasteiger charge is -2.30. The molecule has 188 valence electrons. The molecule has 1 aliphatic rings. The second-order valence-electron chi connectivity index (χ2n) is 9.33. The molecule has 2 aromatic carbocycles. The van der Waals surface area contributed by atoms with Gasteiger partial charge in [-0.2, -0.15) is 9.97 Å². The van der Waals surface area contributed by atoms with Crippen molar-refractivity contribution in [3.63, 3.8) is 0 Å². The number of H-pyrrole nitrogens is 1. The molecule has 10 heteroatoms. The first-order valence-corrected chi connectivity index (χ1v) is 13.5. The minimum atomic E-state index is -3.76. The third kappa shape index (κ3) is 5.20. The van der Waals surface area contributed by atoms with Gasteiger partial charge in [0.25, 0.3) is 0 Å².